The summed E-state index contributed by atoms with van der Waals surface area (Å²) in [5.74, 6) is 0. The van der Waals surface area contributed by atoms with Crippen LogP contribution in [0.5, 0.6) is 0 Å². The van der Waals surface area contributed by atoms with Gasteiger partial charge >= 0.3 is 0 Å². The first-order valence-electron chi connectivity index (χ1n) is 4.72. The molecule has 1 aromatic rings. The standard InChI is InChI=1S/C11H14O2/c12-7-11(13)10-5-4-8-2-1-3-9(8)6-10/h4-6,11-13H,1-3,7H2/t11-/m1/s1. The third-order valence-corrected chi connectivity index (χ3v) is 2.68. The molecule has 2 N–H and O–H groups in total. The lowest BCUT2D eigenvalue weighted by molar-refractivity contribution is 0.0955. The third kappa shape index (κ3) is 1.60. The molecule has 2 nitrogen and oxygen atoms in total. The molecule has 0 spiro atoms. The highest BCUT2D eigenvalue weighted by molar-refractivity contribution is 5.36. The maximum atomic E-state index is 9.41. The molecule has 70 valence electrons. The number of benzene rings is 1. The lowest BCUT2D eigenvalue weighted by Crippen LogP contribution is -2.02. The number of aliphatic hydroxyl groups is 2. The lowest BCUT2D eigenvalue weighted by atomic mass is 10.0. The molecule has 0 amide bonds. The molecule has 0 saturated carbocycles. The molecular weight excluding hydrogens is 164 g/mol. The first-order valence-corrected chi connectivity index (χ1v) is 4.72. The van der Waals surface area contributed by atoms with Crippen LogP contribution in [0.2, 0.25) is 0 Å². The summed E-state index contributed by atoms with van der Waals surface area (Å²) in [6, 6.07) is 5.99. The summed E-state index contributed by atoms with van der Waals surface area (Å²) in [4.78, 5) is 0. The third-order valence-electron chi connectivity index (χ3n) is 2.68. The Balaban J connectivity index is 2.30. The second-order valence-electron chi connectivity index (χ2n) is 3.58. The topological polar surface area (TPSA) is 40.5 Å². The molecule has 2 rings (SSSR count). The van der Waals surface area contributed by atoms with E-state index < -0.39 is 6.10 Å². The van der Waals surface area contributed by atoms with Gasteiger partial charge in [-0.05, 0) is 36.0 Å². The molecule has 0 saturated heterocycles. The Kier molecular flexibility index (Phi) is 2.34. The maximum absolute atomic E-state index is 9.41. The van der Waals surface area contributed by atoms with E-state index >= 15 is 0 Å². The fourth-order valence-electron chi connectivity index (χ4n) is 1.90. The summed E-state index contributed by atoms with van der Waals surface area (Å²) in [7, 11) is 0. The number of rotatable bonds is 2. The van der Waals surface area contributed by atoms with Crippen molar-refractivity contribution < 1.29 is 10.2 Å². The van der Waals surface area contributed by atoms with Gasteiger partial charge in [0.25, 0.3) is 0 Å². The Morgan fingerprint density at radius 1 is 1.23 bits per heavy atom. The minimum Gasteiger partial charge on any atom is -0.393 e. The molecule has 1 aliphatic carbocycles. The second kappa shape index (κ2) is 3.48. The van der Waals surface area contributed by atoms with Gasteiger partial charge in [0.15, 0.2) is 0 Å². The van der Waals surface area contributed by atoms with Crippen LogP contribution >= 0.6 is 0 Å². The van der Waals surface area contributed by atoms with Crippen LogP contribution in [0.3, 0.4) is 0 Å². The van der Waals surface area contributed by atoms with Crippen LogP contribution in [0.25, 0.3) is 0 Å². The van der Waals surface area contributed by atoms with Crippen molar-refractivity contribution in [2.75, 3.05) is 6.61 Å². The van der Waals surface area contributed by atoms with Crippen LogP contribution in [0.4, 0.5) is 0 Å². The molecule has 0 aliphatic heterocycles. The van der Waals surface area contributed by atoms with Crippen molar-refractivity contribution in [1.29, 1.82) is 0 Å². The predicted molar refractivity (Wildman–Crippen MR) is 50.5 cm³/mol. The molecule has 0 fully saturated rings. The molecule has 0 aromatic heterocycles. The number of hydrogen-bond donors (Lipinski definition) is 2. The minimum absolute atomic E-state index is 0.196. The van der Waals surface area contributed by atoms with E-state index in [2.05, 4.69) is 6.07 Å². The van der Waals surface area contributed by atoms with Crippen molar-refractivity contribution >= 4 is 0 Å². The van der Waals surface area contributed by atoms with Crippen LogP contribution in [0.15, 0.2) is 18.2 Å². The van der Waals surface area contributed by atoms with Gasteiger partial charge in [0.05, 0.1) is 6.61 Å². The number of aliphatic hydroxyl groups excluding tert-OH is 2. The van der Waals surface area contributed by atoms with Crippen molar-refractivity contribution in [2.24, 2.45) is 0 Å². The zero-order valence-electron chi connectivity index (χ0n) is 7.53. The monoisotopic (exact) mass is 178 g/mol. The van der Waals surface area contributed by atoms with Gasteiger partial charge < -0.3 is 10.2 Å². The Morgan fingerprint density at radius 3 is 2.77 bits per heavy atom. The average Bonchev–Trinajstić information content (AvgIpc) is 2.63. The molecule has 0 bridgehead atoms. The van der Waals surface area contributed by atoms with Crippen LogP contribution in [-0.2, 0) is 12.8 Å². The Hall–Kier alpha value is -0.860. The van der Waals surface area contributed by atoms with Crippen molar-refractivity contribution in [2.45, 2.75) is 25.4 Å². The highest BCUT2D eigenvalue weighted by atomic mass is 16.3. The number of aryl methyl sites for hydroxylation is 2. The summed E-state index contributed by atoms with van der Waals surface area (Å²) in [6.07, 6.45) is 2.77. The fourth-order valence-corrected chi connectivity index (χ4v) is 1.90. The van der Waals surface area contributed by atoms with Crippen molar-refractivity contribution in [3.8, 4) is 0 Å². The van der Waals surface area contributed by atoms with E-state index in [4.69, 9.17) is 5.11 Å². The van der Waals surface area contributed by atoms with Crippen molar-refractivity contribution in [1.82, 2.24) is 0 Å². The largest absolute Gasteiger partial charge is 0.393 e. The Labute approximate surface area is 77.8 Å². The van der Waals surface area contributed by atoms with Gasteiger partial charge in [0, 0.05) is 0 Å². The first kappa shape index (κ1) is 8.73. The van der Waals surface area contributed by atoms with Crippen molar-refractivity contribution in [3.05, 3.63) is 34.9 Å². The SMILES string of the molecule is OC[C@@H](O)c1ccc2c(c1)CCC2. The zero-order valence-corrected chi connectivity index (χ0v) is 7.53. The number of fused-ring (bicyclic) bond motifs is 1. The van der Waals surface area contributed by atoms with Crippen LogP contribution in [-0.4, -0.2) is 16.8 Å². The minimum atomic E-state index is -0.717. The first-order chi connectivity index (χ1) is 6.31. The zero-order chi connectivity index (χ0) is 9.26. The van der Waals surface area contributed by atoms with Crippen LogP contribution in [0, 0.1) is 0 Å². The molecule has 0 unspecified atom stereocenters. The Morgan fingerprint density at radius 2 is 2.00 bits per heavy atom. The normalized spacial score (nSPS) is 17.1. The molecule has 1 atom stereocenters. The predicted octanol–water partition coefficient (Wildman–Crippen LogP) is 1.20. The molecule has 0 heterocycles. The van der Waals surface area contributed by atoms with Crippen LogP contribution < -0.4 is 0 Å². The average molecular weight is 178 g/mol. The second-order valence-corrected chi connectivity index (χ2v) is 3.58. The fraction of sp³-hybridized carbons (Fsp3) is 0.455. The van der Waals surface area contributed by atoms with E-state index in [0.717, 1.165) is 18.4 Å². The van der Waals surface area contributed by atoms with E-state index in [1.165, 1.54) is 17.5 Å². The molecule has 0 radical (unpaired) electrons. The van der Waals surface area contributed by atoms with E-state index in [1.54, 1.807) is 0 Å². The summed E-state index contributed by atoms with van der Waals surface area (Å²) in [5, 5.41) is 18.2. The van der Waals surface area contributed by atoms with Gasteiger partial charge in [0.2, 0.25) is 0 Å². The highest BCUT2D eigenvalue weighted by Crippen LogP contribution is 2.25. The van der Waals surface area contributed by atoms with Crippen molar-refractivity contribution in [3.63, 3.8) is 0 Å². The van der Waals surface area contributed by atoms with Gasteiger partial charge in [-0.25, -0.2) is 0 Å². The van der Waals surface area contributed by atoms with Gasteiger partial charge in [-0.1, -0.05) is 18.2 Å². The van der Waals surface area contributed by atoms with Gasteiger partial charge in [-0.15, -0.1) is 0 Å². The van der Waals surface area contributed by atoms with E-state index in [-0.39, 0.29) is 6.61 Å². The molecule has 2 heteroatoms. The van der Waals surface area contributed by atoms with E-state index in [0.29, 0.717) is 0 Å². The summed E-state index contributed by atoms with van der Waals surface area (Å²) < 4.78 is 0. The highest BCUT2D eigenvalue weighted by Gasteiger charge is 2.13. The summed E-state index contributed by atoms with van der Waals surface area (Å²) in [5.41, 5.74) is 3.57. The maximum Gasteiger partial charge on any atom is 0.102 e. The van der Waals surface area contributed by atoms with Gasteiger partial charge in [-0.2, -0.15) is 0 Å². The van der Waals surface area contributed by atoms with Gasteiger partial charge in [0.1, 0.15) is 6.10 Å². The smallest absolute Gasteiger partial charge is 0.102 e. The summed E-state index contributed by atoms with van der Waals surface area (Å²) >= 11 is 0. The quantitative estimate of drug-likeness (QED) is 0.714. The molecular formula is C11H14O2. The lowest BCUT2D eigenvalue weighted by Gasteiger charge is -2.09. The van der Waals surface area contributed by atoms with Crippen LogP contribution in [0.1, 0.15) is 29.2 Å². The Bertz CT molecular complexity index is 307. The molecule has 1 aliphatic rings. The number of hydrogen-bond acceptors (Lipinski definition) is 2. The summed E-state index contributed by atoms with van der Waals surface area (Å²) in [6.45, 7) is -0.196. The molecule has 1 aromatic carbocycles. The van der Waals surface area contributed by atoms with E-state index in [1.807, 2.05) is 12.1 Å². The van der Waals surface area contributed by atoms with E-state index in [9.17, 15) is 5.11 Å². The molecule has 13 heavy (non-hydrogen) atoms. The van der Waals surface area contributed by atoms with Gasteiger partial charge in [-0.3, -0.25) is 0 Å².